The molecule has 3 heterocycles. The van der Waals surface area contributed by atoms with Crippen LogP contribution in [0, 0.1) is 5.92 Å². The first kappa shape index (κ1) is 19.6. The molecule has 0 saturated carbocycles. The van der Waals surface area contributed by atoms with Gasteiger partial charge in [-0.2, -0.15) is 4.98 Å². The van der Waals surface area contributed by atoms with Crippen LogP contribution in [0.25, 0.3) is 0 Å². The molecule has 2 saturated heterocycles. The van der Waals surface area contributed by atoms with E-state index in [0.717, 1.165) is 38.8 Å². The van der Waals surface area contributed by atoms with Crippen LogP contribution in [-0.2, 0) is 11.2 Å². The molecule has 0 spiro atoms. The van der Waals surface area contributed by atoms with Crippen LogP contribution < -0.4 is 5.32 Å². The summed E-state index contributed by atoms with van der Waals surface area (Å²) in [4.78, 5) is 32.9. The first-order valence-electron chi connectivity index (χ1n) is 10.1. The van der Waals surface area contributed by atoms with Gasteiger partial charge < -0.3 is 19.6 Å². The fourth-order valence-corrected chi connectivity index (χ4v) is 3.74. The van der Waals surface area contributed by atoms with Gasteiger partial charge in [0.15, 0.2) is 5.82 Å². The molecule has 2 aliphatic heterocycles. The van der Waals surface area contributed by atoms with Crippen LogP contribution >= 0.6 is 0 Å². The lowest BCUT2D eigenvalue weighted by Gasteiger charge is -2.30. The van der Waals surface area contributed by atoms with E-state index in [-0.39, 0.29) is 24.0 Å². The number of hydrogen-bond acceptors (Lipinski definition) is 5. The number of rotatable bonds is 5. The number of aromatic nitrogens is 2. The molecule has 1 aromatic heterocycles. The molecule has 0 radical (unpaired) electrons. The van der Waals surface area contributed by atoms with E-state index in [0.29, 0.717) is 37.0 Å². The van der Waals surface area contributed by atoms with E-state index in [1.165, 1.54) is 0 Å². The van der Waals surface area contributed by atoms with E-state index >= 15 is 0 Å². The molecule has 0 aromatic carbocycles. The SMILES string of the molecule is CC1CCN(C(=O)CCc2nc(C3CCCN3C(=O)NC(C)C)no2)CC1. The average Bonchev–Trinajstić information content (AvgIpc) is 3.28. The van der Waals surface area contributed by atoms with Crippen molar-refractivity contribution in [2.45, 2.75) is 71.4 Å². The van der Waals surface area contributed by atoms with E-state index < -0.39 is 0 Å². The Labute approximate surface area is 160 Å². The number of amides is 3. The van der Waals surface area contributed by atoms with Crippen LogP contribution in [0.15, 0.2) is 4.52 Å². The Balaban J connectivity index is 1.53. The molecule has 8 nitrogen and oxygen atoms in total. The van der Waals surface area contributed by atoms with Gasteiger partial charge in [0.1, 0.15) is 0 Å². The van der Waals surface area contributed by atoms with E-state index in [9.17, 15) is 9.59 Å². The molecule has 27 heavy (non-hydrogen) atoms. The highest BCUT2D eigenvalue weighted by molar-refractivity contribution is 5.76. The number of urea groups is 1. The molecule has 0 bridgehead atoms. The monoisotopic (exact) mass is 377 g/mol. The Kier molecular flexibility index (Phi) is 6.34. The molecule has 3 rings (SSSR count). The van der Waals surface area contributed by atoms with Crippen molar-refractivity contribution in [1.29, 1.82) is 0 Å². The van der Waals surface area contributed by atoms with E-state index in [1.807, 2.05) is 18.7 Å². The Morgan fingerprint density at radius 1 is 1.22 bits per heavy atom. The maximum Gasteiger partial charge on any atom is 0.318 e. The zero-order chi connectivity index (χ0) is 19.4. The number of carbonyl (C=O) groups is 2. The summed E-state index contributed by atoms with van der Waals surface area (Å²) in [5.41, 5.74) is 0. The highest BCUT2D eigenvalue weighted by atomic mass is 16.5. The van der Waals surface area contributed by atoms with Gasteiger partial charge >= 0.3 is 6.03 Å². The molecular weight excluding hydrogens is 346 g/mol. The lowest BCUT2D eigenvalue weighted by molar-refractivity contribution is -0.132. The van der Waals surface area contributed by atoms with Gasteiger partial charge in [0, 0.05) is 38.5 Å². The number of nitrogens with one attached hydrogen (secondary N) is 1. The summed E-state index contributed by atoms with van der Waals surface area (Å²) in [6.45, 7) is 8.49. The highest BCUT2D eigenvalue weighted by Gasteiger charge is 2.33. The van der Waals surface area contributed by atoms with Crippen molar-refractivity contribution in [1.82, 2.24) is 25.3 Å². The van der Waals surface area contributed by atoms with Crippen molar-refractivity contribution < 1.29 is 14.1 Å². The standard InChI is InChI=1S/C19H31N5O3/c1-13(2)20-19(26)24-10-4-5-15(24)18-21-16(27-22-18)6-7-17(25)23-11-8-14(3)9-12-23/h13-15H,4-12H2,1-3H3,(H,20,26). The van der Waals surface area contributed by atoms with Gasteiger partial charge in [0.05, 0.1) is 6.04 Å². The average molecular weight is 377 g/mol. The Morgan fingerprint density at radius 3 is 2.67 bits per heavy atom. The van der Waals surface area contributed by atoms with E-state index in [1.54, 1.807) is 4.90 Å². The summed E-state index contributed by atoms with van der Waals surface area (Å²) < 4.78 is 5.35. The number of piperidine rings is 1. The third-order valence-electron chi connectivity index (χ3n) is 5.40. The molecule has 2 fully saturated rings. The number of likely N-dealkylation sites (tertiary alicyclic amines) is 2. The summed E-state index contributed by atoms with van der Waals surface area (Å²) in [7, 11) is 0. The van der Waals surface area contributed by atoms with Crippen molar-refractivity contribution in [3.05, 3.63) is 11.7 Å². The second-order valence-corrected chi connectivity index (χ2v) is 8.07. The predicted octanol–water partition coefficient (Wildman–Crippen LogP) is 2.52. The quantitative estimate of drug-likeness (QED) is 0.851. The molecular formula is C19H31N5O3. The number of aryl methyl sites for hydroxylation is 1. The van der Waals surface area contributed by atoms with Gasteiger partial charge in [0.25, 0.3) is 0 Å². The normalized spacial score (nSPS) is 21.1. The zero-order valence-electron chi connectivity index (χ0n) is 16.6. The number of carbonyl (C=O) groups excluding carboxylic acids is 2. The zero-order valence-corrected chi connectivity index (χ0v) is 16.6. The maximum absolute atomic E-state index is 12.4. The fourth-order valence-electron chi connectivity index (χ4n) is 3.74. The van der Waals surface area contributed by atoms with Crippen LogP contribution in [0.3, 0.4) is 0 Å². The molecule has 0 aliphatic carbocycles. The highest BCUT2D eigenvalue weighted by Crippen LogP contribution is 2.30. The Hall–Kier alpha value is -2.12. The van der Waals surface area contributed by atoms with Crippen molar-refractivity contribution in [3.63, 3.8) is 0 Å². The molecule has 2 aliphatic rings. The smallest absolute Gasteiger partial charge is 0.318 e. The van der Waals surface area contributed by atoms with Crippen LogP contribution in [0.2, 0.25) is 0 Å². The minimum Gasteiger partial charge on any atom is -0.343 e. The molecule has 1 aromatic rings. The van der Waals surface area contributed by atoms with E-state index in [4.69, 9.17) is 4.52 Å². The van der Waals surface area contributed by atoms with Crippen LogP contribution in [0.4, 0.5) is 4.79 Å². The maximum atomic E-state index is 12.4. The summed E-state index contributed by atoms with van der Waals surface area (Å²) in [5, 5.41) is 7.00. The van der Waals surface area contributed by atoms with Gasteiger partial charge in [-0.3, -0.25) is 4.79 Å². The molecule has 1 atom stereocenters. The fraction of sp³-hybridized carbons (Fsp3) is 0.789. The second kappa shape index (κ2) is 8.71. The molecule has 8 heteroatoms. The van der Waals surface area contributed by atoms with Crippen LogP contribution in [0.5, 0.6) is 0 Å². The van der Waals surface area contributed by atoms with Gasteiger partial charge in [-0.25, -0.2) is 4.79 Å². The minimum absolute atomic E-state index is 0.0865. The predicted molar refractivity (Wildman–Crippen MR) is 99.9 cm³/mol. The largest absolute Gasteiger partial charge is 0.343 e. The Morgan fingerprint density at radius 2 is 1.96 bits per heavy atom. The van der Waals surface area contributed by atoms with Crippen LogP contribution in [-0.4, -0.2) is 57.6 Å². The number of hydrogen-bond donors (Lipinski definition) is 1. The van der Waals surface area contributed by atoms with Crippen molar-refractivity contribution >= 4 is 11.9 Å². The Bertz CT molecular complexity index is 652. The molecule has 150 valence electrons. The molecule has 1 unspecified atom stereocenters. The van der Waals surface area contributed by atoms with Gasteiger partial charge in [0.2, 0.25) is 11.8 Å². The molecule has 1 N–H and O–H groups in total. The van der Waals surface area contributed by atoms with Gasteiger partial charge in [-0.1, -0.05) is 12.1 Å². The lowest BCUT2D eigenvalue weighted by Crippen LogP contribution is -2.42. The third kappa shape index (κ3) is 4.99. The summed E-state index contributed by atoms with van der Waals surface area (Å²) in [5.74, 6) is 1.87. The minimum atomic E-state index is -0.152. The summed E-state index contributed by atoms with van der Waals surface area (Å²) in [6.07, 6.45) is 4.74. The van der Waals surface area contributed by atoms with Gasteiger partial charge in [-0.15, -0.1) is 0 Å². The second-order valence-electron chi connectivity index (χ2n) is 8.07. The first-order valence-corrected chi connectivity index (χ1v) is 10.1. The van der Waals surface area contributed by atoms with Crippen molar-refractivity contribution in [2.75, 3.05) is 19.6 Å². The lowest BCUT2D eigenvalue weighted by atomic mass is 9.99. The van der Waals surface area contributed by atoms with Crippen LogP contribution in [0.1, 0.15) is 70.6 Å². The topological polar surface area (TPSA) is 91.6 Å². The first-order chi connectivity index (χ1) is 12.9. The summed E-state index contributed by atoms with van der Waals surface area (Å²) in [6, 6.07) is -0.155. The van der Waals surface area contributed by atoms with Gasteiger partial charge in [-0.05, 0) is 45.4 Å². The van der Waals surface area contributed by atoms with E-state index in [2.05, 4.69) is 22.4 Å². The number of nitrogens with zero attached hydrogens (tertiary/aromatic N) is 4. The third-order valence-corrected chi connectivity index (χ3v) is 5.40. The van der Waals surface area contributed by atoms with Crippen molar-refractivity contribution in [2.24, 2.45) is 5.92 Å². The molecule has 3 amide bonds. The van der Waals surface area contributed by atoms with Crippen molar-refractivity contribution in [3.8, 4) is 0 Å². The summed E-state index contributed by atoms with van der Waals surface area (Å²) >= 11 is 0.